The molecule has 0 bridgehead atoms. The van der Waals surface area contributed by atoms with Crippen LogP contribution in [0.4, 0.5) is 4.39 Å². The van der Waals surface area contributed by atoms with Gasteiger partial charge in [0.2, 0.25) is 0 Å². The molecule has 1 aliphatic heterocycles. The minimum Gasteiger partial charge on any atom is -0.337 e. The van der Waals surface area contributed by atoms with Crippen molar-refractivity contribution >= 4 is 17.2 Å². The number of rotatable bonds is 2. The van der Waals surface area contributed by atoms with Crippen LogP contribution in [-0.2, 0) is 0 Å². The molecule has 2 heterocycles. The zero-order chi connectivity index (χ0) is 14.8. The lowest BCUT2D eigenvalue weighted by molar-refractivity contribution is 0.0694. The number of thiophene rings is 1. The lowest BCUT2D eigenvalue weighted by atomic mass is 9.85. The first-order valence-electron chi connectivity index (χ1n) is 6.97. The fraction of sp³-hybridized carbons (Fsp3) is 0.312. The highest BCUT2D eigenvalue weighted by Gasteiger charge is 2.30. The number of nitrogens with zero attached hydrogens (tertiary/aromatic N) is 1. The topological polar surface area (TPSA) is 46.3 Å². The standard InChI is InChI=1S/C16H17FN2OS/c17-13-3-1-11(2-4-13)14-5-7-19(9-15(14)18)16(20)12-6-8-21-10-12/h1-4,6,8,10,14-15H,5,7,9,18H2. The van der Waals surface area contributed by atoms with E-state index in [4.69, 9.17) is 5.73 Å². The Hall–Kier alpha value is -1.72. The summed E-state index contributed by atoms with van der Waals surface area (Å²) in [4.78, 5) is 14.1. The van der Waals surface area contributed by atoms with Gasteiger partial charge in [0.15, 0.2) is 0 Å². The smallest absolute Gasteiger partial charge is 0.254 e. The molecule has 0 aliphatic carbocycles. The number of halogens is 1. The first-order chi connectivity index (χ1) is 10.1. The van der Waals surface area contributed by atoms with Gasteiger partial charge in [0.25, 0.3) is 5.91 Å². The molecule has 1 fully saturated rings. The summed E-state index contributed by atoms with van der Waals surface area (Å²) in [6.45, 7) is 1.22. The van der Waals surface area contributed by atoms with Crippen molar-refractivity contribution in [2.24, 2.45) is 5.73 Å². The molecule has 1 aliphatic rings. The molecule has 1 saturated heterocycles. The predicted molar refractivity (Wildman–Crippen MR) is 82.0 cm³/mol. The van der Waals surface area contributed by atoms with Gasteiger partial charge in [-0.1, -0.05) is 12.1 Å². The van der Waals surface area contributed by atoms with E-state index in [1.165, 1.54) is 23.5 Å². The summed E-state index contributed by atoms with van der Waals surface area (Å²) in [6, 6.07) is 8.22. The summed E-state index contributed by atoms with van der Waals surface area (Å²) in [6.07, 6.45) is 0.808. The van der Waals surface area contributed by atoms with Crippen LogP contribution < -0.4 is 5.73 Å². The van der Waals surface area contributed by atoms with Gasteiger partial charge in [-0.05, 0) is 35.6 Å². The van der Waals surface area contributed by atoms with E-state index in [1.54, 1.807) is 12.1 Å². The highest BCUT2D eigenvalue weighted by atomic mass is 32.1. The van der Waals surface area contributed by atoms with Gasteiger partial charge in [-0.25, -0.2) is 4.39 Å². The summed E-state index contributed by atoms with van der Waals surface area (Å²) in [5.74, 6) is -0.0150. The molecule has 2 unspecified atom stereocenters. The Morgan fingerprint density at radius 2 is 2.05 bits per heavy atom. The second-order valence-electron chi connectivity index (χ2n) is 5.37. The minimum absolute atomic E-state index is 0.0456. The van der Waals surface area contributed by atoms with Gasteiger partial charge >= 0.3 is 0 Å². The zero-order valence-electron chi connectivity index (χ0n) is 11.5. The molecule has 3 rings (SSSR count). The first-order valence-corrected chi connectivity index (χ1v) is 7.92. The fourth-order valence-electron chi connectivity index (χ4n) is 2.86. The van der Waals surface area contributed by atoms with Crippen molar-refractivity contribution in [3.63, 3.8) is 0 Å². The van der Waals surface area contributed by atoms with Gasteiger partial charge in [0.05, 0.1) is 5.56 Å². The predicted octanol–water partition coefficient (Wildman–Crippen LogP) is 2.84. The van der Waals surface area contributed by atoms with Crippen LogP contribution >= 0.6 is 11.3 Å². The van der Waals surface area contributed by atoms with Gasteiger partial charge in [0.1, 0.15) is 5.82 Å². The van der Waals surface area contributed by atoms with Crippen molar-refractivity contribution in [1.29, 1.82) is 0 Å². The Bertz CT molecular complexity index is 612. The van der Waals surface area contributed by atoms with Crippen molar-refractivity contribution in [2.45, 2.75) is 18.4 Å². The Kier molecular flexibility index (Phi) is 4.03. The maximum absolute atomic E-state index is 13.0. The third-order valence-electron chi connectivity index (χ3n) is 4.01. The molecule has 2 N–H and O–H groups in total. The van der Waals surface area contributed by atoms with E-state index in [2.05, 4.69) is 0 Å². The summed E-state index contributed by atoms with van der Waals surface area (Å²) in [7, 11) is 0. The van der Waals surface area contributed by atoms with E-state index >= 15 is 0 Å². The molecule has 110 valence electrons. The molecule has 0 saturated carbocycles. The van der Waals surface area contributed by atoms with Crippen LogP contribution in [0.1, 0.15) is 28.3 Å². The lowest BCUT2D eigenvalue weighted by Gasteiger charge is -2.37. The Morgan fingerprint density at radius 1 is 1.29 bits per heavy atom. The van der Waals surface area contributed by atoms with Crippen LogP contribution in [-0.4, -0.2) is 29.9 Å². The van der Waals surface area contributed by atoms with Crippen LogP contribution in [0.5, 0.6) is 0 Å². The summed E-state index contributed by atoms with van der Waals surface area (Å²) in [5.41, 5.74) is 8.02. The van der Waals surface area contributed by atoms with Gasteiger partial charge in [-0.2, -0.15) is 11.3 Å². The number of piperidine rings is 1. The number of hydrogen-bond acceptors (Lipinski definition) is 3. The number of benzene rings is 1. The fourth-order valence-corrected chi connectivity index (χ4v) is 3.49. The first kappa shape index (κ1) is 14.2. The molecule has 1 aromatic heterocycles. The second kappa shape index (κ2) is 5.95. The van der Waals surface area contributed by atoms with E-state index in [0.717, 1.165) is 17.5 Å². The molecule has 3 nitrogen and oxygen atoms in total. The van der Waals surface area contributed by atoms with E-state index in [1.807, 2.05) is 21.7 Å². The van der Waals surface area contributed by atoms with Crippen molar-refractivity contribution in [2.75, 3.05) is 13.1 Å². The van der Waals surface area contributed by atoms with Crippen LogP contribution in [0.25, 0.3) is 0 Å². The Labute approximate surface area is 127 Å². The normalized spacial score (nSPS) is 22.3. The zero-order valence-corrected chi connectivity index (χ0v) is 12.4. The lowest BCUT2D eigenvalue weighted by Crippen LogP contribution is -2.49. The summed E-state index contributed by atoms with van der Waals surface area (Å²) in [5, 5.41) is 3.76. The molecule has 1 aromatic carbocycles. The molecule has 0 radical (unpaired) electrons. The number of nitrogens with two attached hydrogens (primary N) is 1. The van der Waals surface area contributed by atoms with Crippen molar-refractivity contribution in [3.05, 3.63) is 58.0 Å². The monoisotopic (exact) mass is 304 g/mol. The summed E-state index contributed by atoms with van der Waals surface area (Å²) >= 11 is 1.52. The quantitative estimate of drug-likeness (QED) is 0.927. The third-order valence-corrected chi connectivity index (χ3v) is 4.69. The molecular weight excluding hydrogens is 287 g/mol. The molecule has 21 heavy (non-hydrogen) atoms. The molecular formula is C16H17FN2OS. The average Bonchev–Trinajstić information content (AvgIpc) is 3.02. The number of carbonyl (C=O) groups excluding carboxylic acids is 1. The largest absolute Gasteiger partial charge is 0.337 e. The SMILES string of the molecule is NC1CN(C(=O)c2ccsc2)CCC1c1ccc(F)cc1. The van der Waals surface area contributed by atoms with E-state index in [-0.39, 0.29) is 23.7 Å². The maximum atomic E-state index is 13.0. The Morgan fingerprint density at radius 3 is 2.67 bits per heavy atom. The van der Waals surface area contributed by atoms with Crippen molar-refractivity contribution in [1.82, 2.24) is 4.90 Å². The number of hydrogen-bond donors (Lipinski definition) is 1. The number of carbonyl (C=O) groups is 1. The summed E-state index contributed by atoms with van der Waals surface area (Å²) < 4.78 is 13.0. The van der Waals surface area contributed by atoms with Crippen LogP contribution in [0, 0.1) is 5.82 Å². The van der Waals surface area contributed by atoms with Gasteiger partial charge in [-0.15, -0.1) is 0 Å². The molecule has 2 aromatic rings. The van der Waals surface area contributed by atoms with Crippen LogP contribution in [0.3, 0.4) is 0 Å². The number of amides is 1. The molecule has 1 amide bonds. The molecule has 5 heteroatoms. The molecule has 0 spiro atoms. The number of likely N-dealkylation sites (tertiary alicyclic amines) is 1. The second-order valence-corrected chi connectivity index (χ2v) is 6.15. The van der Waals surface area contributed by atoms with Crippen molar-refractivity contribution in [3.8, 4) is 0 Å². The van der Waals surface area contributed by atoms with E-state index < -0.39 is 0 Å². The average molecular weight is 304 g/mol. The van der Waals surface area contributed by atoms with Gasteiger partial charge < -0.3 is 10.6 Å². The maximum Gasteiger partial charge on any atom is 0.254 e. The van der Waals surface area contributed by atoms with E-state index in [0.29, 0.717) is 13.1 Å². The molecule has 2 atom stereocenters. The highest BCUT2D eigenvalue weighted by Crippen LogP contribution is 2.28. The minimum atomic E-state index is -0.239. The Balaban J connectivity index is 1.69. The van der Waals surface area contributed by atoms with Gasteiger partial charge in [0, 0.05) is 30.4 Å². The van der Waals surface area contributed by atoms with E-state index in [9.17, 15) is 9.18 Å². The van der Waals surface area contributed by atoms with Crippen LogP contribution in [0.15, 0.2) is 41.1 Å². The van der Waals surface area contributed by atoms with Gasteiger partial charge in [-0.3, -0.25) is 4.79 Å². The third kappa shape index (κ3) is 2.99. The van der Waals surface area contributed by atoms with Crippen LogP contribution in [0.2, 0.25) is 0 Å². The highest BCUT2D eigenvalue weighted by molar-refractivity contribution is 7.08. The van der Waals surface area contributed by atoms with Crippen molar-refractivity contribution < 1.29 is 9.18 Å².